The van der Waals surface area contributed by atoms with E-state index in [1.807, 2.05) is 62.4 Å². The van der Waals surface area contributed by atoms with Gasteiger partial charge in [-0.15, -0.1) is 0 Å². The summed E-state index contributed by atoms with van der Waals surface area (Å²) in [5, 5.41) is 5.66. The van der Waals surface area contributed by atoms with Crippen molar-refractivity contribution in [3.05, 3.63) is 95.1 Å². The molecule has 7 nitrogen and oxygen atoms in total. The molecule has 0 aliphatic rings. The Morgan fingerprint density at radius 3 is 2.17 bits per heavy atom. The molecule has 0 aliphatic heterocycles. The fourth-order valence-corrected chi connectivity index (χ4v) is 4.79. The van der Waals surface area contributed by atoms with E-state index in [1.165, 1.54) is 4.31 Å². The third-order valence-electron chi connectivity index (χ3n) is 5.40. The topological polar surface area (TPSA) is 95.6 Å². The van der Waals surface area contributed by atoms with Crippen molar-refractivity contribution < 1.29 is 18.0 Å². The third kappa shape index (κ3) is 7.68. The number of benzene rings is 3. The van der Waals surface area contributed by atoms with E-state index in [1.54, 1.807) is 24.3 Å². The van der Waals surface area contributed by atoms with Crippen LogP contribution in [0.3, 0.4) is 0 Å². The van der Waals surface area contributed by atoms with Gasteiger partial charge in [0.15, 0.2) is 0 Å². The Balaban J connectivity index is 1.60. The van der Waals surface area contributed by atoms with Crippen LogP contribution in [0.5, 0.6) is 0 Å². The maximum atomic E-state index is 12.7. The molecule has 184 valence electrons. The van der Waals surface area contributed by atoms with Crippen molar-refractivity contribution in [1.29, 1.82) is 0 Å². The fourth-order valence-electron chi connectivity index (χ4n) is 3.84. The second-order valence-electron chi connectivity index (χ2n) is 8.55. The van der Waals surface area contributed by atoms with E-state index < -0.39 is 10.0 Å². The normalized spacial score (nSPS) is 11.1. The van der Waals surface area contributed by atoms with Gasteiger partial charge in [-0.05, 0) is 61.2 Å². The van der Waals surface area contributed by atoms with Crippen molar-refractivity contribution >= 4 is 33.2 Å². The lowest BCUT2D eigenvalue weighted by Gasteiger charge is -2.23. The van der Waals surface area contributed by atoms with Crippen molar-refractivity contribution in [2.75, 3.05) is 22.4 Å². The van der Waals surface area contributed by atoms with E-state index in [0.717, 1.165) is 22.9 Å². The van der Waals surface area contributed by atoms with E-state index >= 15 is 0 Å². The molecule has 0 heterocycles. The maximum absolute atomic E-state index is 12.7. The van der Waals surface area contributed by atoms with Crippen molar-refractivity contribution in [2.45, 2.75) is 33.2 Å². The van der Waals surface area contributed by atoms with Crippen LogP contribution in [0.15, 0.2) is 72.8 Å². The standard InChI is InChI=1S/C27H31N3O4S/c1-20-16-21(2)18-23(17-20)30(35(3,33)34)15-9-14-26(31)29-25-13-8-7-12-24(25)27(32)28-19-22-10-5-4-6-11-22/h4-8,10-13,16-18H,9,14-15,19H2,1-3H3,(H,28,32)(H,29,31). The molecule has 8 heteroatoms. The highest BCUT2D eigenvalue weighted by Crippen LogP contribution is 2.22. The van der Waals surface area contributed by atoms with Crippen LogP contribution in [0.1, 0.15) is 39.9 Å². The van der Waals surface area contributed by atoms with E-state index in [9.17, 15) is 18.0 Å². The van der Waals surface area contributed by atoms with Gasteiger partial charge in [0.1, 0.15) is 0 Å². The van der Waals surface area contributed by atoms with Gasteiger partial charge in [-0.2, -0.15) is 0 Å². The van der Waals surface area contributed by atoms with Crippen LogP contribution in [0.25, 0.3) is 0 Å². The predicted octanol–water partition coefficient (Wildman–Crippen LogP) is 4.42. The summed E-state index contributed by atoms with van der Waals surface area (Å²) in [6, 6.07) is 22.0. The molecule has 3 aromatic carbocycles. The summed E-state index contributed by atoms with van der Waals surface area (Å²) in [6.07, 6.45) is 1.60. The smallest absolute Gasteiger partial charge is 0.253 e. The summed E-state index contributed by atoms with van der Waals surface area (Å²) in [5.41, 5.74) is 4.27. The van der Waals surface area contributed by atoms with Crippen LogP contribution < -0.4 is 14.9 Å². The number of sulfonamides is 1. The Kier molecular flexibility index (Phi) is 8.65. The molecule has 0 spiro atoms. The molecule has 2 N–H and O–H groups in total. The van der Waals surface area contributed by atoms with Crippen molar-refractivity contribution in [3.8, 4) is 0 Å². The number of anilines is 2. The minimum atomic E-state index is -3.51. The van der Waals surface area contributed by atoms with E-state index in [-0.39, 0.29) is 24.8 Å². The van der Waals surface area contributed by atoms with Crippen LogP contribution in [0.2, 0.25) is 0 Å². The summed E-state index contributed by atoms with van der Waals surface area (Å²) >= 11 is 0. The van der Waals surface area contributed by atoms with Gasteiger partial charge in [-0.25, -0.2) is 8.42 Å². The number of hydrogen-bond acceptors (Lipinski definition) is 4. The molecule has 0 fully saturated rings. The number of rotatable bonds is 10. The molecule has 3 aromatic rings. The van der Waals surface area contributed by atoms with Gasteiger partial charge in [-0.1, -0.05) is 48.5 Å². The molecule has 0 bridgehead atoms. The monoisotopic (exact) mass is 493 g/mol. The first-order valence-corrected chi connectivity index (χ1v) is 13.3. The zero-order valence-electron chi connectivity index (χ0n) is 20.2. The van der Waals surface area contributed by atoms with Crippen LogP contribution in [-0.2, 0) is 21.4 Å². The Labute approximate surface area is 207 Å². The lowest BCUT2D eigenvalue weighted by Crippen LogP contribution is -2.31. The SMILES string of the molecule is Cc1cc(C)cc(N(CCCC(=O)Nc2ccccc2C(=O)NCc2ccccc2)S(C)(=O)=O)c1. The molecular weight excluding hydrogens is 462 g/mol. The van der Waals surface area contributed by atoms with Gasteiger partial charge in [0.2, 0.25) is 15.9 Å². The first kappa shape index (κ1) is 26.0. The molecule has 0 aliphatic carbocycles. The van der Waals surface area contributed by atoms with Gasteiger partial charge in [0.25, 0.3) is 5.91 Å². The Bertz CT molecular complexity index is 1270. The maximum Gasteiger partial charge on any atom is 0.253 e. The Morgan fingerprint density at radius 2 is 1.51 bits per heavy atom. The van der Waals surface area contributed by atoms with Crippen molar-refractivity contribution in [1.82, 2.24) is 5.32 Å². The molecule has 0 saturated carbocycles. The fraction of sp³-hybridized carbons (Fsp3) is 0.259. The Hall–Kier alpha value is -3.65. The highest BCUT2D eigenvalue weighted by molar-refractivity contribution is 7.92. The zero-order chi connectivity index (χ0) is 25.4. The lowest BCUT2D eigenvalue weighted by molar-refractivity contribution is -0.116. The average molecular weight is 494 g/mol. The highest BCUT2D eigenvalue weighted by atomic mass is 32.2. The molecule has 2 amide bonds. The number of nitrogens with one attached hydrogen (secondary N) is 2. The van der Waals surface area contributed by atoms with Crippen LogP contribution in [-0.4, -0.2) is 33.0 Å². The number of para-hydroxylation sites is 1. The molecule has 3 rings (SSSR count). The zero-order valence-corrected chi connectivity index (χ0v) is 21.1. The number of nitrogens with zero attached hydrogens (tertiary/aromatic N) is 1. The third-order valence-corrected chi connectivity index (χ3v) is 6.60. The molecule has 0 aromatic heterocycles. The summed E-state index contributed by atoms with van der Waals surface area (Å²) in [5.74, 6) is -0.579. The first-order chi connectivity index (χ1) is 16.6. The van der Waals surface area contributed by atoms with Crippen LogP contribution in [0, 0.1) is 13.8 Å². The quantitative estimate of drug-likeness (QED) is 0.437. The summed E-state index contributed by atoms with van der Waals surface area (Å²) < 4.78 is 26.1. The molecule has 0 atom stereocenters. The van der Waals surface area contributed by atoms with Gasteiger partial charge >= 0.3 is 0 Å². The first-order valence-electron chi connectivity index (χ1n) is 11.4. The van der Waals surface area contributed by atoms with Gasteiger partial charge in [-0.3, -0.25) is 13.9 Å². The number of carbonyl (C=O) groups excluding carboxylic acids is 2. The molecule has 0 unspecified atom stereocenters. The van der Waals surface area contributed by atoms with Crippen LogP contribution >= 0.6 is 0 Å². The van der Waals surface area contributed by atoms with Gasteiger partial charge in [0.05, 0.1) is 23.2 Å². The number of aryl methyl sites for hydroxylation is 2. The lowest BCUT2D eigenvalue weighted by atomic mass is 10.1. The largest absolute Gasteiger partial charge is 0.348 e. The van der Waals surface area contributed by atoms with Crippen LogP contribution in [0.4, 0.5) is 11.4 Å². The number of amides is 2. The molecule has 0 radical (unpaired) electrons. The molecule has 0 saturated heterocycles. The van der Waals surface area contributed by atoms with Crippen molar-refractivity contribution in [3.63, 3.8) is 0 Å². The Morgan fingerprint density at radius 1 is 0.886 bits per heavy atom. The number of carbonyl (C=O) groups is 2. The van der Waals surface area contributed by atoms with Gasteiger partial charge in [0, 0.05) is 19.5 Å². The second-order valence-corrected chi connectivity index (χ2v) is 10.5. The number of hydrogen-bond donors (Lipinski definition) is 2. The minimum Gasteiger partial charge on any atom is -0.348 e. The van der Waals surface area contributed by atoms with E-state index in [4.69, 9.17) is 0 Å². The van der Waals surface area contributed by atoms with E-state index in [2.05, 4.69) is 10.6 Å². The average Bonchev–Trinajstić information content (AvgIpc) is 2.80. The molecular formula is C27H31N3O4S. The van der Waals surface area contributed by atoms with Gasteiger partial charge < -0.3 is 10.6 Å². The predicted molar refractivity (Wildman–Crippen MR) is 140 cm³/mol. The summed E-state index contributed by atoms with van der Waals surface area (Å²) in [7, 11) is -3.51. The second kappa shape index (κ2) is 11.7. The summed E-state index contributed by atoms with van der Waals surface area (Å²) in [6.45, 7) is 4.38. The molecule has 35 heavy (non-hydrogen) atoms. The minimum absolute atomic E-state index is 0.108. The van der Waals surface area contributed by atoms with E-state index in [0.29, 0.717) is 29.9 Å². The summed E-state index contributed by atoms with van der Waals surface area (Å²) in [4.78, 5) is 25.3. The highest BCUT2D eigenvalue weighted by Gasteiger charge is 2.19. The van der Waals surface area contributed by atoms with Crippen molar-refractivity contribution in [2.24, 2.45) is 0 Å².